The molecule has 2 saturated heterocycles. The zero-order chi connectivity index (χ0) is 22.0. The highest BCUT2D eigenvalue weighted by molar-refractivity contribution is 6.33. The van der Waals surface area contributed by atoms with Gasteiger partial charge >= 0.3 is 6.09 Å². The molecule has 2 aliphatic rings. The van der Waals surface area contributed by atoms with Gasteiger partial charge in [-0.15, -0.1) is 0 Å². The molecule has 2 fully saturated rings. The van der Waals surface area contributed by atoms with Crippen LogP contribution < -0.4 is 0 Å². The van der Waals surface area contributed by atoms with E-state index < -0.39 is 5.60 Å². The van der Waals surface area contributed by atoms with Gasteiger partial charge < -0.3 is 14.2 Å². The van der Waals surface area contributed by atoms with E-state index in [0.29, 0.717) is 23.3 Å². The number of piperidine rings is 1. The fourth-order valence-corrected chi connectivity index (χ4v) is 4.85. The van der Waals surface area contributed by atoms with Crippen LogP contribution in [0.3, 0.4) is 0 Å². The smallest absolute Gasteiger partial charge is 0.410 e. The van der Waals surface area contributed by atoms with Crippen molar-refractivity contribution < 1.29 is 14.1 Å². The summed E-state index contributed by atoms with van der Waals surface area (Å²) >= 11 is 6.28. The molecule has 0 saturated carbocycles. The lowest BCUT2D eigenvalue weighted by Crippen LogP contribution is -2.53. The van der Waals surface area contributed by atoms with Crippen molar-refractivity contribution in [1.82, 2.24) is 19.9 Å². The molecule has 0 aliphatic carbocycles. The van der Waals surface area contributed by atoms with Gasteiger partial charge in [-0.05, 0) is 65.1 Å². The number of likely N-dealkylation sites (tertiary alicyclic amines) is 2. The van der Waals surface area contributed by atoms with Gasteiger partial charge in [0.15, 0.2) is 0 Å². The first kappa shape index (κ1) is 22.1. The Kier molecular flexibility index (Phi) is 6.53. The second-order valence-corrected chi connectivity index (χ2v) is 9.82. The highest BCUT2D eigenvalue weighted by atomic mass is 35.5. The molecule has 3 heterocycles. The minimum absolute atomic E-state index is 0.154. The number of halogens is 1. The van der Waals surface area contributed by atoms with Crippen molar-refractivity contribution in [3.05, 3.63) is 35.2 Å². The molecule has 2 aromatic rings. The number of hydrogen-bond acceptors (Lipinski definition) is 6. The predicted molar refractivity (Wildman–Crippen MR) is 119 cm³/mol. The van der Waals surface area contributed by atoms with E-state index in [1.54, 1.807) is 0 Å². The van der Waals surface area contributed by atoms with Gasteiger partial charge in [0.1, 0.15) is 5.60 Å². The summed E-state index contributed by atoms with van der Waals surface area (Å²) in [6.07, 6.45) is 5.13. The highest BCUT2D eigenvalue weighted by Crippen LogP contribution is 2.32. The second-order valence-electron chi connectivity index (χ2n) is 9.41. The van der Waals surface area contributed by atoms with Gasteiger partial charge in [0.25, 0.3) is 0 Å². The number of nitrogens with zero attached hydrogens (tertiary/aromatic N) is 4. The molecule has 0 spiro atoms. The van der Waals surface area contributed by atoms with Crippen molar-refractivity contribution in [2.75, 3.05) is 13.1 Å². The van der Waals surface area contributed by atoms with Crippen LogP contribution in [0.1, 0.15) is 58.8 Å². The molecular formula is C23H31ClN4O3. The summed E-state index contributed by atoms with van der Waals surface area (Å²) in [5.41, 5.74) is 0.274. The number of hydrogen-bond donors (Lipinski definition) is 0. The lowest BCUT2D eigenvalue weighted by molar-refractivity contribution is 0.00514. The summed E-state index contributed by atoms with van der Waals surface area (Å²) in [5.74, 6) is 1.08. The first-order valence-corrected chi connectivity index (χ1v) is 11.5. The van der Waals surface area contributed by atoms with Crippen LogP contribution in [-0.2, 0) is 11.3 Å². The topological polar surface area (TPSA) is 71.7 Å². The summed E-state index contributed by atoms with van der Waals surface area (Å²) in [7, 11) is 0. The van der Waals surface area contributed by atoms with Gasteiger partial charge in [0.05, 0.1) is 17.6 Å². The lowest BCUT2D eigenvalue weighted by atomic mass is 9.94. The molecule has 31 heavy (non-hydrogen) atoms. The SMILES string of the molecule is CC(C)(C)OC(=O)N1CCC[C@H]1[C@H]1CCCCN1Cc1nc(-c2ccccc2Cl)no1. The molecule has 1 aromatic carbocycles. The highest BCUT2D eigenvalue weighted by Gasteiger charge is 2.40. The minimum atomic E-state index is -0.491. The zero-order valence-electron chi connectivity index (χ0n) is 18.5. The second kappa shape index (κ2) is 9.17. The molecule has 1 aromatic heterocycles. The number of ether oxygens (including phenoxy) is 1. The molecule has 8 heteroatoms. The van der Waals surface area contributed by atoms with E-state index in [1.165, 1.54) is 0 Å². The third kappa shape index (κ3) is 5.21. The maximum absolute atomic E-state index is 12.8. The van der Waals surface area contributed by atoms with Crippen LogP contribution in [0.4, 0.5) is 4.79 Å². The van der Waals surface area contributed by atoms with Gasteiger partial charge in [-0.25, -0.2) is 4.79 Å². The van der Waals surface area contributed by atoms with Crippen molar-refractivity contribution in [1.29, 1.82) is 0 Å². The van der Waals surface area contributed by atoms with Gasteiger partial charge in [-0.3, -0.25) is 4.90 Å². The predicted octanol–water partition coefficient (Wildman–Crippen LogP) is 5.14. The average molecular weight is 447 g/mol. The Morgan fingerprint density at radius 2 is 1.94 bits per heavy atom. The summed E-state index contributed by atoms with van der Waals surface area (Å²) in [4.78, 5) is 21.7. The Bertz CT molecular complexity index is 910. The van der Waals surface area contributed by atoms with E-state index in [0.717, 1.165) is 50.8 Å². The molecule has 4 rings (SSSR count). The zero-order valence-corrected chi connectivity index (χ0v) is 19.3. The van der Waals surface area contributed by atoms with E-state index in [2.05, 4.69) is 15.0 Å². The quantitative estimate of drug-likeness (QED) is 0.647. The number of carbonyl (C=O) groups is 1. The van der Waals surface area contributed by atoms with Crippen molar-refractivity contribution >= 4 is 17.7 Å². The monoisotopic (exact) mass is 446 g/mol. The maximum Gasteiger partial charge on any atom is 0.410 e. The van der Waals surface area contributed by atoms with Crippen LogP contribution in [0.25, 0.3) is 11.4 Å². The van der Waals surface area contributed by atoms with Crippen LogP contribution >= 0.6 is 11.6 Å². The number of rotatable bonds is 4. The maximum atomic E-state index is 12.8. The lowest BCUT2D eigenvalue weighted by Gasteiger charge is -2.41. The fourth-order valence-electron chi connectivity index (χ4n) is 4.63. The summed E-state index contributed by atoms with van der Waals surface area (Å²) in [5, 5.41) is 4.74. The normalized spacial score (nSPS) is 22.6. The summed E-state index contributed by atoms with van der Waals surface area (Å²) in [6.45, 7) is 8.01. The Morgan fingerprint density at radius 3 is 2.71 bits per heavy atom. The van der Waals surface area contributed by atoms with Crippen molar-refractivity contribution in [2.24, 2.45) is 0 Å². The minimum Gasteiger partial charge on any atom is -0.444 e. The van der Waals surface area contributed by atoms with Crippen LogP contribution in [0.2, 0.25) is 5.02 Å². The Hall–Kier alpha value is -2.12. The first-order valence-electron chi connectivity index (χ1n) is 11.1. The van der Waals surface area contributed by atoms with Gasteiger partial charge in [0, 0.05) is 18.2 Å². The Morgan fingerprint density at radius 1 is 1.16 bits per heavy atom. The Labute approximate surface area is 188 Å². The number of carbonyl (C=O) groups excluding carboxylic acids is 1. The molecular weight excluding hydrogens is 416 g/mol. The molecule has 2 aliphatic heterocycles. The van der Waals surface area contributed by atoms with Crippen LogP contribution in [0, 0.1) is 0 Å². The molecule has 2 atom stereocenters. The Balaban J connectivity index is 1.48. The molecule has 0 N–H and O–H groups in total. The van der Waals surface area contributed by atoms with E-state index in [4.69, 9.17) is 20.9 Å². The number of aromatic nitrogens is 2. The molecule has 0 bridgehead atoms. The van der Waals surface area contributed by atoms with Crippen molar-refractivity contribution in [2.45, 2.75) is 77.1 Å². The molecule has 7 nitrogen and oxygen atoms in total. The molecule has 0 radical (unpaired) electrons. The van der Waals surface area contributed by atoms with Crippen molar-refractivity contribution in [3.63, 3.8) is 0 Å². The fraction of sp³-hybridized carbons (Fsp3) is 0.609. The average Bonchev–Trinajstić information content (AvgIpc) is 3.37. The van der Waals surface area contributed by atoms with Gasteiger partial charge in [-0.1, -0.05) is 35.3 Å². The third-order valence-electron chi connectivity index (χ3n) is 5.96. The van der Waals surface area contributed by atoms with E-state index in [1.807, 2.05) is 49.9 Å². The summed E-state index contributed by atoms with van der Waals surface area (Å²) < 4.78 is 11.2. The van der Waals surface area contributed by atoms with Crippen LogP contribution in [0.5, 0.6) is 0 Å². The van der Waals surface area contributed by atoms with Crippen LogP contribution in [0.15, 0.2) is 28.8 Å². The largest absolute Gasteiger partial charge is 0.444 e. The number of benzene rings is 1. The van der Waals surface area contributed by atoms with Gasteiger partial charge in [0.2, 0.25) is 11.7 Å². The van der Waals surface area contributed by atoms with E-state index in [9.17, 15) is 4.79 Å². The molecule has 168 valence electrons. The van der Waals surface area contributed by atoms with E-state index >= 15 is 0 Å². The molecule has 0 unspecified atom stereocenters. The van der Waals surface area contributed by atoms with E-state index in [-0.39, 0.29) is 18.2 Å². The standard InChI is InChI=1S/C23H31ClN4O3/c1-23(2,3)30-22(29)28-14-8-12-19(28)18-11-6-7-13-27(18)15-20-25-21(26-31-20)16-9-4-5-10-17(16)24/h4-5,9-10,18-19H,6-8,11-15H2,1-3H3/t18-,19+/m1/s1. The first-order chi connectivity index (χ1) is 14.8. The number of amides is 1. The molecule has 1 amide bonds. The third-order valence-corrected chi connectivity index (χ3v) is 6.29. The van der Waals surface area contributed by atoms with Crippen molar-refractivity contribution in [3.8, 4) is 11.4 Å². The van der Waals surface area contributed by atoms with Crippen LogP contribution in [-0.4, -0.2) is 56.8 Å². The summed E-state index contributed by atoms with van der Waals surface area (Å²) in [6, 6.07) is 7.91. The van der Waals surface area contributed by atoms with Gasteiger partial charge in [-0.2, -0.15) is 4.98 Å².